The molecule has 32 heavy (non-hydrogen) atoms. The fourth-order valence-corrected chi connectivity index (χ4v) is 5.52. The number of anilines is 1. The summed E-state index contributed by atoms with van der Waals surface area (Å²) in [7, 11) is -4.32. The minimum absolute atomic E-state index is 0.0873. The number of hydrogen-bond acceptors (Lipinski definition) is 4. The SMILES string of the molecule is CCC1c2cccn2-c2ccc(C(F)(F)F)cc2N1S(=O)(=O)c1ccc(OC(=O)O)cc1. The van der Waals surface area contributed by atoms with E-state index < -0.39 is 34.0 Å². The van der Waals surface area contributed by atoms with Crippen LogP contribution in [-0.4, -0.2) is 24.2 Å². The van der Waals surface area contributed by atoms with Gasteiger partial charge in [0.25, 0.3) is 10.0 Å². The number of fused-ring (bicyclic) bond motifs is 3. The van der Waals surface area contributed by atoms with E-state index in [0.29, 0.717) is 17.8 Å². The van der Waals surface area contributed by atoms with Gasteiger partial charge in [0.15, 0.2) is 0 Å². The molecule has 1 aliphatic heterocycles. The third kappa shape index (κ3) is 3.58. The number of ether oxygens (including phenoxy) is 1. The number of benzene rings is 2. The average molecular weight is 466 g/mol. The first-order valence-electron chi connectivity index (χ1n) is 9.48. The second-order valence-corrected chi connectivity index (χ2v) is 8.88. The number of sulfonamides is 1. The van der Waals surface area contributed by atoms with Crippen LogP contribution in [0.4, 0.5) is 23.7 Å². The quantitative estimate of drug-likeness (QED) is 0.421. The van der Waals surface area contributed by atoms with Crippen LogP contribution in [0, 0.1) is 0 Å². The summed E-state index contributed by atoms with van der Waals surface area (Å²) in [5.41, 5.74) is -0.139. The summed E-state index contributed by atoms with van der Waals surface area (Å²) in [5.74, 6) is -0.0873. The molecule has 1 atom stereocenters. The van der Waals surface area contributed by atoms with Crippen molar-refractivity contribution >= 4 is 21.9 Å². The normalized spacial score (nSPS) is 15.8. The van der Waals surface area contributed by atoms with E-state index in [-0.39, 0.29) is 16.3 Å². The molecule has 168 valence electrons. The van der Waals surface area contributed by atoms with E-state index in [0.717, 1.165) is 28.6 Å². The zero-order valence-corrected chi connectivity index (χ0v) is 17.4. The molecule has 3 aromatic rings. The largest absolute Gasteiger partial charge is 0.511 e. The van der Waals surface area contributed by atoms with Crippen molar-refractivity contribution in [3.05, 3.63) is 72.1 Å². The summed E-state index contributed by atoms with van der Waals surface area (Å²) >= 11 is 0. The topological polar surface area (TPSA) is 88.8 Å². The van der Waals surface area contributed by atoms with Crippen LogP contribution in [-0.2, 0) is 16.2 Å². The lowest BCUT2D eigenvalue weighted by atomic mass is 10.0. The number of halogens is 3. The molecule has 1 aliphatic rings. The van der Waals surface area contributed by atoms with Crippen LogP contribution >= 0.6 is 0 Å². The van der Waals surface area contributed by atoms with Crippen LogP contribution in [0.1, 0.15) is 30.6 Å². The number of hydrogen-bond donors (Lipinski definition) is 1. The molecule has 0 bridgehead atoms. The molecule has 1 aromatic heterocycles. The van der Waals surface area contributed by atoms with Gasteiger partial charge >= 0.3 is 12.3 Å². The highest BCUT2D eigenvalue weighted by molar-refractivity contribution is 7.92. The van der Waals surface area contributed by atoms with Gasteiger partial charge in [0.1, 0.15) is 5.75 Å². The van der Waals surface area contributed by atoms with Crippen molar-refractivity contribution in [1.82, 2.24) is 4.57 Å². The molecule has 0 saturated heterocycles. The van der Waals surface area contributed by atoms with E-state index in [1.807, 2.05) is 0 Å². The van der Waals surface area contributed by atoms with E-state index in [1.165, 1.54) is 18.2 Å². The molecule has 0 aliphatic carbocycles. The maximum Gasteiger partial charge on any atom is 0.511 e. The standard InChI is InChI=1S/C21H17F3N2O5S/c1-2-16-17-4-3-11-25(17)18-10-5-13(21(22,23)24)12-19(18)26(16)32(29,30)15-8-6-14(7-9-15)31-20(27)28/h3-12,16H,2H2,1H3,(H,27,28). The summed E-state index contributed by atoms with van der Waals surface area (Å²) in [4.78, 5) is 10.5. The first-order chi connectivity index (χ1) is 15.0. The number of carboxylic acid groups (broad SMARTS) is 1. The van der Waals surface area contributed by atoms with Crippen molar-refractivity contribution < 1.29 is 36.2 Å². The molecule has 1 N–H and O–H groups in total. The van der Waals surface area contributed by atoms with Gasteiger partial charge < -0.3 is 14.4 Å². The molecule has 2 aromatic carbocycles. The lowest BCUT2D eigenvalue weighted by molar-refractivity contribution is -0.137. The van der Waals surface area contributed by atoms with Crippen LogP contribution in [0.15, 0.2) is 65.7 Å². The van der Waals surface area contributed by atoms with E-state index in [1.54, 1.807) is 29.8 Å². The summed E-state index contributed by atoms with van der Waals surface area (Å²) in [6, 6.07) is 10.3. The number of aromatic nitrogens is 1. The number of alkyl halides is 3. The van der Waals surface area contributed by atoms with Gasteiger partial charge in [-0.1, -0.05) is 6.92 Å². The van der Waals surface area contributed by atoms with Crippen LogP contribution in [0.3, 0.4) is 0 Å². The maximum atomic E-state index is 13.6. The Morgan fingerprint density at radius 1 is 1.09 bits per heavy atom. The summed E-state index contributed by atoms with van der Waals surface area (Å²) in [6.45, 7) is 1.74. The molecule has 4 rings (SSSR count). The molecule has 0 fully saturated rings. The van der Waals surface area contributed by atoms with E-state index in [4.69, 9.17) is 5.11 Å². The Bertz CT molecular complexity index is 1280. The molecule has 0 saturated carbocycles. The third-order valence-electron chi connectivity index (χ3n) is 5.18. The maximum absolute atomic E-state index is 13.6. The van der Waals surface area contributed by atoms with Crippen molar-refractivity contribution in [2.75, 3.05) is 4.31 Å². The number of carbonyl (C=O) groups is 1. The number of rotatable bonds is 4. The molecular weight excluding hydrogens is 449 g/mol. The molecule has 1 unspecified atom stereocenters. The van der Waals surface area contributed by atoms with Gasteiger partial charge in [0.05, 0.1) is 27.9 Å². The van der Waals surface area contributed by atoms with E-state index in [9.17, 15) is 26.4 Å². The van der Waals surface area contributed by atoms with Crippen LogP contribution in [0.2, 0.25) is 0 Å². The fraction of sp³-hybridized carbons (Fsp3) is 0.190. The Morgan fingerprint density at radius 2 is 1.78 bits per heavy atom. The highest BCUT2D eigenvalue weighted by atomic mass is 32.2. The van der Waals surface area contributed by atoms with Crippen LogP contribution in [0.5, 0.6) is 5.75 Å². The fourth-order valence-electron chi connectivity index (χ4n) is 3.82. The van der Waals surface area contributed by atoms with E-state index >= 15 is 0 Å². The Kier molecular flexibility index (Phi) is 5.16. The van der Waals surface area contributed by atoms with Crippen molar-refractivity contribution in [1.29, 1.82) is 0 Å². The van der Waals surface area contributed by atoms with Gasteiger partial charge in [-0.15, -0.1) is 0 Å². The average Bonchev–Trinajstić information content (AvgIpc) is 3.21. The summed E-state index contributed by atoms with van der Waals surface area (Å²) in [6.07, 6.45) is -4.23. The Labute approximate surface area is 181 Å². The molecule has 7 nitrogen and oxygen atoms in total. The molecule has 2 heterocycles. The molecule has 0 spiro atoms. The lowest BCUT2D eigenvalue weighted by Crippen LogP contribution is -2.39. The van der Waals surface area contributed by atoms with Gasteiger partial charge in [0.2, 0.25) is 0 Å². The Hall–Kier alpha value is -3.47. The lowest BCUT2D eigenvalue weighted by Gasteiger charge is -2.38. The predicted molar refractivity (Wildman–Crippen MR) is 109 cm³/mol. The van der Waals surface area contributed by atoms with Crippen molar-refractivity contribution in [2.24, 2.45) is 0 Å². The first-order valence-corrected chi connectivity index (χ1v) is 10.9. The predicted octanol–water partition coefficient (Wildman–Crippen LogP) is 5.21. The smallest absolute Gasteiger partial charge is 0.449 e. The minimum Gasteiger partial charge on any atom is -0.449 e. The number of nitrogens with zero attached hydrogens (tertiary/aromatic N) is 2. The second-order valence-electron chi connectivity index (χ2n) is 7.07. The van der Waals surface area contributed by atoms with Crippen LogP contribution < -0.4 is 9.04 Å². The van der Waals surface area contributed by atoms with Gasteiger partial charge in [0, 0.05) is 11.9 Å². The summed E-state index contributed by atoms with van der Waals surface area (Å²) in [5, 5.41) is 8.70. The summed E-state index contributed by atoms with van der Waals surface area (Å²) < 4.78 is 74.7. The van der Waals surface area contributed by atoms with Gasteiger partial charge in [-0.2, -0.15) is 13.2 Å². The first kappa shape index (κ1) is 21.8. The Morgan fingerprint density at radius 3 is 2.38 bits per heavy atom. The van der Waals surface area contributed by atoms with E-state index in [2.05, 4.69) is 4.74 Å². The zero-order chi connectivity index (χ0) is 23.3. The molecule has 11 heteroatoms. The highest BCUT2D eigenvalue weighted by Gasteiger charge is 2.40. The highest BCUT2D eigenvalue weighted by Crippen LogP contribution is 2.45. The van der Waals surface area contributed by atoms with Crippen molar-refractivity contribution in [2.45, 2.75) is 30.5 Å². The molecule has 0 amide bonds. The molecular formula is C21H17F3N2O5S. The van der Waals surface area contributed by atoms with Gasteiger partial charge in [-0.25, -0.2) is 13.2 Å². The second kappa shape index (κ2) is 7.59. The molecule has 0 radical (unpaired) electrons. The van der Waals surface area contributed by atoms with Crippen LogP contribution in [0.25, 0.3) is 5.69 Å². The van der Waals surface area contributed by atoms with Crippen molar-refractivity contribution in [3.63, 3.8) is 0 Å². The monoisotopic (exact) mass is 466 g/mol. The zero-order valence-electron chi connectivity index (χ0n) is 16.6. The van der Waals surface area contributed by atoms with Gasteiger partial charge in [-0.05, 0) is 61.0 Å². The van der Waals surface area contributed by atoms with Gasteiger partial charge in [-0.3, -0.25) is 4.31 Å². The van der Waals surface area contributed by atoms with Crippen molar-refractivity contribution in [3.8, 4) is 11.4 Å². The minimum atomic E-state index is -4.65. The third-order valence-corrected chi connectivity index (χ3v) is 7.01. The Balaban J connectivity index is 1.90.